The van der Waals surface area contributed by atoms with Crippen molar-refractivity contribution in [2.45, 2.75) is 6.42 Å². The van der Waals surface area contributed by atoms with E-state index in [2.05, 4.69) is 32.3 Å². The maximum absolute atomic E-state index is 4.42. The van der Waals surface area contributed by atoms with E-state index in [1.54, 1.807) is 24.7 Å². The maximum Gasteiger partial charge on any atom is 0.178 e. The smallest absolute Gasteiger partial charge is 0.178 e. The summed E-state index contributed by atoms with van der Waals surface area (Å²) in [6.45, 7) is 3.95. The van der Waals surface area contributed by atoms with Crippen LogP contribution in [-0.4, -0.2) is 16.2 Å². The van der Waals surface area contributed by atoms with Gasteiger partial charge in [0.1, 0.15) is 5.35 Å². The van der Waals surface area contributed by atoms with Crippen molar-refractivity contribution in [3.05, 3.63) is 63.3 Å². The lowest BCUT2D eigenvalue weighted by molar-refractivity contribution is 1.02. The van der Waals surface area contributed by atoms with Gasteiger partial charge in [0.15, 0.2) is 5.49 Å². The average Bonchev–Trinajstić information content (AvgIpc) is 2.59. The van der Waals surface area contributed by atoms with E-state index in [0.717, 1.165) is 16.0 Å². The SMILES string of the molecule is C=C1/N=c2/nccn/c2=C/CC2=C(C=C=CC=N2)S1. The van der Waals surface area contributed by atoms with Crippen molar-refractivity contribution in [3.8, 4) is 0 Å². The number of aliphatic imine (C=N–C) groups is 1. The van der Waals surface area contributed by atoms with Crippen LogP contribution in [0, 0.1) is 0 Å². The number of thioether (sulfide) groups is 1. The lowest BCUT2D eigenvalue weighted by Gasteiger charge is -2.03. The summed E-state index contributed by atoms with van der Waals surface area (Å²) in [7, 11) is 0. The number of rotatable bonds is 0. The number of nitrogens with zero attached hydrogens (tertiary/aromatic N) is 4. The van der Waals surface area contributed by atoms with E-state index in [-0.39, 0.29) is 0 Å². The second-order valence-corrected chi connectivity index (χ2v) is 4.96. The molecule has 0 unspecified atom stereocenters. The number of allylic oxidation sites excluding steroid dienone is 2. The van der Waals surface area contributed by atoms with Crippen LogP contribution >= 0.6 is 11.8 Å². The van der Waals surface area contributed by atoms with E-state index in [4.69, 9.17) is 0 Å². The van der Waals surface area contributed by atoms with Crippen LogP contribution < -0.4 is 10.8 Å². The van der Waals surface area contributed by atoms with Gasteiger partial charge in [-0.2, -0.15) is 0 Å². The van der Waals surface area contributed by atoms with Gasteiger partial charge in [0.05, 0.1) is 10.7 Å². The normalized spacial score (nSPS) is 20.9. The second kappa shape index (κ2) is 5.18. The Morgan fingerprint density at radius 3 is 3.11 bits per heavy atom. The van der Waals surface area contributed by atoms with Gasteiger partial charge < -0.3 is 0 Å². The fourth-order valence-electron chi connectivity index (χ4n) is 1.72. The first kappa shape index (κ1) is 11.8. The van der Waals surface area contributed by atoms with Gasteiger partial charge in [0.25, 0.3) is 0 Å². The van der Waals surface area contributed by atoms with Crippen LogP contribution in [0.25, 0.3) is 6.08 Å². The van der Waals surface area contributed by atoms with Gasteiger partial charge in [0, 0.05) is 29.9 Å². The molecule has 0 amide bonds. The van der Waals surface area contributed by atoms with E-state index < -0.39 is 0 Å². The van der Waals surface area contributed by atoms with E-state index >= 15 is 0 Å². The molecule has 0 atom stereocenters. The van der Waals surface area contributed by atoms with Gasteiger partial charge in [-0.15, -0.1) is 5.73 Å². The van der Waals surface area contributed by atoms with Crippen molar-refractivity contribution < 1.29 is 0 Å². The molecule has 0 spiro atoms. The van der Waals surface area contributed by atoms with Crippen LogP contribution in [0.2, 0.25) is 0 Å². The molecule has 0 saturated heterocycles. The van der Waals surface area contributed by atoms with Gasteiger partial charge >= 0.3 is 0 Å². The third-order valence-corrected chi connectivity index (χ3v) is 3.45. The highest BCUT2D eigenvalue weighted by atomic mass is 32.2. The molecule has 0 saturated carbocycles. The summed E-state index contributed by atoms with van der Waals surface area (Å²) in [5.41, 5.74) is 4.61. The summed E-state index contributed by atoms with van der Waals surface area (Å²) in [6, 6.07) is 0. The summed E-state index contributed by atoms with van der Waals surface area (Å²) in [6.07, 6.45) is 11.4. The minimum atomic E-state index is 0.598. The van der Waals surface area contributed by atoms with E-state index in [0.29, 0.717) is 16.9 Å². The molecule has 4 nitrogen and oxygen atoms in total. The van der Waals surface area contributed by atoms with E-state index in [1.165, 1.54) is 11.8 Å². The average molecular weight is 266 g/mol. The summed E-state index contributed by atoms with van der Waals surface area (Å²) in [4.78, 5) is 18.3. The highest BCUT2D eigenvalue weighted by Crippen LogP contribution is 2.31. The fourth-order valence-corrected chi connectivity index (χ4v) is 2.48. The summed E-state index contributed by atoms with van der Waals surface area (Å²) in [5.74, 6) is 0. The third-order valence-electron chi connectivity index (χ3n) is 2.55. The molecule has 3 heterocycles. The zero-order valence-corrected chi connectivity index (χ0v) is 10.9. The number of hydrogen-bond acceptors (Lipinski definition) is 5. The van der Waals surface area contributed by atoms with Gasteiger partial charge in [-0.3, -0.25) is 9.98 Å². The first-order valence-corrected chi connectivity index (χ1v) is 6.55. The molecule has 0 aromatic carbocycles. The topological polar surface area (TPSA) is 50.5 Å². The zero-order valence-electron chi connectivity index (χ0n) is 10.1. The second-order valence-electron chi connectivity index (χ2n) is 3.85. The van der Waals surface area contributed by atoms with Crippen LogP contribution in [-0.2, 0) is 0 Å². The Balaban J connectivity index is 2.18. The molecule has 0 bridgehead atoms. The van der Waals surface area contributed by atoms with Crippen molar-refractivity contribution in [1.29, 1.82) is 0 Å². The Labute approximate surface area is 114 Å². The van der Waals surface area contributed by atoms with E-state index in [1.807, 2.05) is 12.2 Å². The lowest BCUT2D eigenvalue weighted by Crippen LogP contribution is -2.31. The van der Waals surface area contributed by atoms with Crippen LogP contribution in [0.1, 0.15) is 6.42 Å². The molecular weight excluding hydrogens is 256 g/mol. The minimum Gasteiger partial charge on any atom is -0.259 e. The maximum atomic E-state index is 4.42. The summed E-state index contributed by atoms with van der Waals surface area (Å²) >= 11 is 1.47. The fraction of sp³-hybridized carbons (Fsp3) is 0.0714. The Hall–Kier alpha value is -2.23. The minimum absolute atomic E-state index is 0.598. The standard InChI is InChI=1S/C14H10N4S/c1-10-18-14-12(16-8-9-17-14)6-5-11-13(19-10)4-2-3-7-15-11/h3-4,6-9H,1,5H2/b12-6+,18-14+. The quantitative estimate of drug-likeness (QED) is 0.669. The molecule has 0 fully saturated rings. The highest BCUT2D eigenvalue weighted by molar-refractivity contribution is 8.06. The predicted octanol–water partition coefficient (Wildman–Crippen LogP) is 1.49. The van der Waals surface area contributed by atoms with Crippen LogP contribution in [0.15, 0.2) is 62.5 Å². The van der Waals surface area contributed by atoms with Gasteiger partial charge in [-0.25, -0.2) is 9.98 Å². The molecule has 0 radical (unpaired) electrons. The van der Waals surface area contributed by atoms with Gasteiger partial charge in [-0.1, -0.05) is 18.3 Å². The van der Waals surface area contributed by atoms with Crippen molar-refractivity contribution in [2.75, 3.05) is 0 Å². The Kier molecular flexibility index (Phi) is 3.23. The first-order valence-electron chi connectivity index (χ1n) is 5.74. The monoisotopic (exact) mass is 266 g/mol. The van der Waals surface area contributed by atoms with Gasteiger partial charge in [-0.05, 0) is 18.2 Å². The molecule has 1 aromatic heterocycles. The molecule has 0 aliphatic carbocycles. The third kappa shape index (κ3) is 2.62. The first-order chi connectivity index (χ1) is 9.33. The number of fused-ring (bicyclic) bond motifs is 1. The molecule has 19 heavy (non-hydrogen) atoms. The summed E-state index contributed by atoms with van der Waals surface area (Å²) in [5, 5.41) is 1.43. The Bertz CT molecular complexity index is 780. The highest BCUT2D eigenvalue weighted by Gasteiger charge is 2.08. The molecule has 92 valence electrons. The molecule has 2 aliphatic rings. The van der Waals surface area contributed by atoms with E-state index in [9.17, 15) is 0 Å². The van der Waals surface area contributed by atoms with Crippen LogP contribution in [0.4, 0.5) is 0 Å². The Morgan fingerprint density at radius 1 is 1.26 bits per heavy atom. The van der Waals surface area contributed by atoms with Crippen molar-refractivity contribution >= 4 is 24.1 Å². The molecule has 1 aromatic rings. The van der Waals surface area contributed by atoms with Crippen molar-refractivity contribution in [2.24, 2.45) is 9.98 Å². The largest absolute Gasteiger partial charge is 0.259 e. The van der Waals surface area contributed by atoms with Crippen LogP contribution in [0.3, 0.4) is 0 Å². The zero-order chi connectivity index (χ0) is 13.1. The summed E-state index contributed by atoms with van der Waals surface area (Å²) < 4.78 is 0. The molecule has 0 N–H and O–H groups in total. The van der Waals surface area contributed by atoms with Crippen molar-refractivity contribution in [3.63, 3.8) is 0 Å². The molecule has 3 rings (SSSR count). The molecule has 2 aliphatic heterocycles. The molecule has 5 heteroatoms. The number of aromatic nitrogens is 2. The van der Waals surface area contributed by atoms with Crippen LogP contribution in [0.5, 0.6) is 0 Å². The lowest BCUT2D eigenvalue weighted by atomic mass is 10.2. The molecular formula is C14H10N4S. The van der Waals surface area contributed by atoms with Crippen molar-refractivity contribution in [1.82, 2.24) is 9.97 Å². The predicted molar refractivity (Wildman–Crippen MR) is 76.8 cm³/mol. The van der Waals surface area contributed by atoms with Gasteiger partial charge in [0.2, 0.25) is 0 Å². The Morgan fingerprint density at radius 2 is 2.16 bits per heavy atom. The number of hydrogen-bond donors (Lipinski definition) is 0.